The van der Waals surface area contributed by atoms with E-state index in [9.17, 15) is 4.79 Å². The molecular weight excluding hydrogens is 298 g/mol. The number of aliphatic imine (C=N–C) groups is 1. The first kappa shape index (κ1) is 16.8. The maximum atomic E-state index is 12.0. The molecule has 0 aromatic carbocycles. The zero-order valence-electron chi connectivity index (χ0n) is 13.4. The average Bonchev–Trinajstić information content (AvgIpc) is 3.05. The molecule has 1 aliphatic heterocycles. The smallest absolute Gasteiger partial charge is 0.310 e. The summed E-state index contributed by atoms with van der Waals surface area (Å²) >= 11 is 1.71. The van der Waals surface area contributed by atoms with Crippen molar-refractivity contribution in [3.63, 3.8) is 0 Å². The lowest BCUT2D eigenvalue weighted by molar-refractivity contribution is -0.149. The molecule has 122 valence electrons. The highest BCUT2D eigenvalue weighted by Crippen LogP contribution is 2.18. The van der Waals surface area contributed by atoms with Crippen molar-refractivity contribution in [3.05, 3.63) is 22.4 Å². The molecule has 1 fully saturated rings. The minimum Gasteiger partial charge on any atom is -0.466 e. The summed E-state index contributed by atoms with van der Waals surface area (Å²) in [5.74, 6) is 0.769. The number of thiophene rings is 1. The molecule has 1 unspecified atom stereocenters. The molecule has 22 heavy (non-hydrogen) atoms. The number of nitrogens with one attached hydrogen (secondary N) is 1. The molecule has 0 amide bonds. The third kappa shape index (κ3) is 4.73. The average molecular weight is 323 g/mol. The van der Waals surface area contributed by atoms with E-state index in [1.54, 1.807) is 11.3 Å². The van der Waals surface area contributed by atoms with Gasteiger partial charge < -0.3 is 15.0 Å². The van der Waals surface area contributed by atoms with E-state index in [1.165, 1.54) is 4.88 Å². The van der Waals surface area contributed by atoms with Gasteiger partial charge in [-0.1, -0.05) is 6.07 Å². The first-order valence-corrected chi connectivity index (χ1v) is 8.84. The van der Waals surface area contributed by atoms with Crippen molar-refractivity contribution in [2.45, 2.75) is 33.2 Å². The molecule has 6 heteroatoms. The van der Waals surface area contributed by atoms with Gasteiger partial charge in [0.2, 0.25) is 0 Å². The van der Waals surface area contributed by atoms with Crippen LogP contribution < -0.4 is 5.32 Å². The summed E-state index contributed by atoms with van der Waals surface area (Å²) < 4.78 is 5.16. The molecule has 1 N–H and O–H groups in total. The first-order chi connectivity index (χ1) is 10.7. The third-order valence-corrected chi connectivity index (χ3v) is 4.50. The number of hydrogen-bond acceptors (Lipinski definition) is 4. The van der Waals surface area contributed by atoms with Crippen LogP contribution in [0.2, 0.25) is 0 Å². The molecule has 1 aromatic rings. The molecular formula is C16H25N3O2S. The van der Waals surface area contributed by atoms with Gasteiger partial charge in [-0.2, -0.15) is 0 Å². The van der Waals surface area contributed by atoms with Crippen LogP contribution in [0.15, 0.2) is 22.5 Å². The molecule has 5 nitrogen and oxygen atoms in total. The van der Waals surface area contributed by atoms with Crippen LogP contribution in [-0.2, 0) is 16.1 Å². The number of guanidine groups is 1. The van der Waals surface area contributed by atoms with Gasteiger partial charge in [-0.15, -0.1) is 11.3 Å². The molecule has 1 saturated heterocycles. The fourth-order valence-corrected chi connectivity index (χ4v) is 3.23. The summed E-state index contributed by atoms with van der Waals surface area (Å²) in [7, 11) is 0. The molecule has 2 rings (SSSR count). The lowest BCUT2D eigenvalue weighted by Gasteiger charge is -2.34. The number of carbonyl (C=O) groups excluding carboxylic acids is 1. The zero-order chi connectivity index (χ0) is 15.8. The highest BCUT2D eigenvalue weighted by molar-refractivity contribution is 7.09. The van der Waals surface area contributed by atoms with Crippen LogP contribution in [0.5, 0.6) is 0 Å². The molecule has 1 atom stereocenters. The molecule has 2 heterocycles. The van der Waals surface area contributed by atoms with Crippen molar-refractivity contribution in [3.8, 4) is 0 Å². The molecule has 0 spiro atoms. The van der Waals surface area contributed by atoms with Gasteiger partial charge >= 0.3 is 5.97 Å². The Kier molecular flexibility index (Phi) is 6.71. The highest BCUT2D eigenvalue weighted by atomic mass is 32.1. The summed E-state index contributed by atoms with van der Waals surface area (Å²) in [4.78, 5) is 20.1. The molecule has 1 aromatic heterocycles. The SMILES string of the molecule is CCNC(=NCc1cccs1)N1CCCC(C(=O)OCC)C1. The highest BCUT2D eigenvalue weighted by Gasteiger charge is 2.28. The van der Waals surface area contributed by atoms with Crippen LogP contribution in [0, 0.1) is 5.92 Å². The lowest BCUT2D eigenvalue weighted by Crippen LogP contribution is -2.48. The van der Waals surface area contributed by atoms with Crippen LogP contribution in [0.25, 0.3) is 0 Å². The van der Waals surface area contributed by atoms with Gasteiger partial charge in [-0.05, 0) is 38.1 Å². The predicted molar refractivity (Wildman–Crippen MR) is 90.1 cm³/mol. The van der Waals surface area contributed by atoms with Gasteiger partial charge in [-0.3, -0.25) is 4.79 Å². The van der Waals surface area contributed by atoms with E-state index >= 15 is 0 Å². The van der Waals surface area contributed by atoms with Gasteiger partial charge in [0.05, 0.1) is 19.1 Å². The van der Waals surface area contributed by atoms with E-state index < -0.39 is 0 Å². The van der Waals surface area contributed by atoms with Gasteiger partial charge in [-0.25, -0.2) is 4.99 Å². The van der Waals surface area contributed by atoms with Crippen LogP contribution in [-0.4, -0.2) is 43.1 Å². The van der Waals surface area contributed by atoms with Crippen LogP contribution in [0.3, 0.4) is 0 Å². The standard InChI is InChI=1S/C16H25N3O2S/c1-3-17-16(18-11-14-8-6-10-22-14)19-9-5-7-13(12-19)15(20)21-4-2/h6,8,10,13H,3-5,7,9,11-12H2,1-2H3,(H,17,18). The largest absolute Gasteiger partial charge is 0.466 e. The number of nitrogens with zero attached hydrogens (tertiary/aromatic N) is 2. The second kappa shape index (κ2) is 8.78. The minimum absolute atomic E-state index is 0.0423. The second-order valence-electron chi connectivity index (χ2n) is 5.29. The van der Waals surface area contributed by atoms with Crippen molar-refractivity contribution in [1.29, 1.82) is 0 Å². The van der Waals surface area contributed by atoms with E-state index in [0.29, 0.717) is 19.7 Å². The number of ether oxygens (including phenoxy) is 1. The van der Waals surface area contributed by atoms with Gasteiger partial charge in [0, 0.05) is 24.5 Å². The summed E-state index contributed by atoms with van der Waals surface area (Å²) in [6.45, 7) is 7.49. The number of rotatable bonds is 5. The second-order valence-corrected chi connectivity index (χ2v) is 6.32. The predicted octanol–water partition coefficient (Wildman–Crippen LogP) is 2.49. The normalized spacial score (nSPS) is 19.1. The molecule has 0 bridgehead atoms. The Balaban J connectivity index is 2.00. The van der Waals surface area contributed by atoms with Gasteiger partial charge in [0.25, 0.3) is 0 Å². The van der Waals surface area contributed by atoms with E-state index in [1.807, 2.05) is 13.0 Å². The lowest BCUT2D eigenvalue weighted by atomic mass is 9.98. The first-order valence-electron chi connectivity index (χ1n) is 7.96. The molecule has 0 saturated carbocycles. The quantitative estimate of drug-likeness (QED) is 0.514. The fourth-order valence-electron chi connectivity index (χ4n) is 2.60. The Hall–Kier alpha value is -1.56. The number of likely N-dealkylation sites (tertiary alicyclic amines) is 1. The number of hydrogen-bond donors (Lipinski definition) is 1. The third-order valence-electron chi connectivity index (χ3n) is 3.64. The Morgan fingerprint density at radius 3 is 3.09 bits per heavy atom. The van der Waals surface area contributed by atoms with Gasteiger partial charge in [0.15, 0.2) is 5.96 Å². The topological polar surface area (TPSA) is 53.9 Å². The summed E-state index contributed by atoms with van der Waals surface area (Å²) in [6.07, 6.45) is 1.90. The van der Waals surface area contributed by atoms with E-state index in [0.717, 1.165) is 31.9 Å². The fraction of sp³-hybridized carbons (Fsp3) is 0.625. The maximum absolute atomic E-state index is 12.0. The van der Waals surface area contributed by atoms with Crippen molar-refractivity contribution in [1.82, 2.24) is 10.2 Å². The monoisotopic (exact) mass is 323 g/mol. The summed E-state index contributed by atoms with van der Waals surface area (Å²) in [6, 6.07) is 4.13. The Morgan fingerprint density at radius 2 is 2.41 bits per heavy atom. The minimum atomic E-state index is -0.0821. The van der Waals surface area contributed by atoms with E-state index in [2.05, 4.69) is 28.6 Å². The van der Waals surface area contributed by atoms with Crippen LogP contribution >= 0.6 is 11.3 Å². The zero-order valence-corrected chi connectivity index (χ0v) is 14.2. The van der Waals surface area contributed by atoms with Crippen molar-refractivity contribution >= 4 is 23.3 Å². The Labute approximate surface area is 136 Å². The maximum Gasteiger partial charge on any atom is 0.310 e. The molecule has 0 aliphatic carbocycles. The van der Waals surface area contributed by atoms with E-state index in [4.69, 9.17) is 9.73 Å². The Bertz CT molecular complexity index is 488. The number of carbonyl (C=O) groups is 1. The van der Waals surface area contributed by atoms with Crippen molar-refractivity contribution < 1.29 is 9.53 Å². The van der Waals surface area contributed by atoms with Crippen LogP contribution in [0.4, 0.5) is 0 Å². The number of esters is 1. The molecule has 0 radical (unpaired) electrons. The summed E-state index contributed by atoms with van der Waals surface area (Å²) in [5, 5.41) is 5.40. The number of piperidine rings is 1. The van der Waals surface area contributed by atoms with Gasteiger partial charge in [0.1, 0.15) is 0 Å². The van der Waals surface area contributed by atoms with E-state index in [-0.39, 0.29) is 11.9 Å². The summed E-state index contributed by atoms with van der Waals surface area (Å²) in [5.41, 5.74) is 0. The van der Waals surface area contributed by atoms with Crippen molar-refractivity contribution in [2.75, 3.05) is 26.2 Å². The Morgan fingerprint density at radius 1 is 1.55 bits per heavy atom. The van der Waals surface area contributed by atoms with Crippen LogP contribution in [0.1, 0.15) is 31.6 Å². The molecule has 1 aliphatic rings. The van der Waals surface area contributed by atoms with Crippen molar-refractivity contribution in [2.24, 2.45) is 10.9 Å².